The summed E-state index contributed by atoms with van der Waals surface area (Å²) in [5.41, 5.74) is 5.64. The van der Waals surface area contributed by atoms with Crippen LogP contribution >= 0.6 is 0 Å². The molecule has 1 aromatic heterocycles. The van der Waals surface area contributed by atoms with Crippen molar-refractivity contribution in [3.63, 3.8) is 0 Å². The fraction of sp³-hybridized carbons (Fsp3) is 0.636. The Morgan fingerprint density at radius 2 is 2.12 bits per heavy atom. The van der Waals surface area contributed by atoms with Crippen LogP contribution < -0.4 is 16.4 Å². The third-order valence-electron chi connectivity index (χ3n) is 3.09. The van der Waals surface area contributed by atoms with E-state index in [0.717, 1.165) is 18.7 Å². The summed E-state index contributed by atoms with van der Waals surface area (Å²) < 4.78 is 5.43. The highest BCUT2D eigenvalue weighted by molar-refractivity contribution is 5.51. The summed E-state index contributed by atoms with van der Waals surface area (Å²) in [7, 11) is 3.55. The summed E-state index contributed by atoms with van der Waals surface area (Å²) >= 11 is 0. The maximum Gasteiger partial charge on any atom is 0.223 e. The number of methoxy groups -OCH3 is 1. The van der Waals surface area contributed by atoms with Crippen LogP contribution in [-0.4, -0.2) is 36.3 Å². The van der Waals surface area contributed by atoms with Crippen molar-refractivity contribution in [1.29, 1.82) is 0 Å². The normalized spacial score (nSPS) is 23.6. The first kappa shape index (κ1) is 11.9. The zero-order valence-corrected chi connectivity index (χ0v) is 10.2. The highest BCUT2D eigenvalue weighted by atomic mass is 16.5. The number of aromatic nitrogens is 2. The third-order valence-corrected chi connectivity index (χ3v) is 3.09. The number of nitrogens with one attached hydrogen (secondary N) is 2. The van der Waals surface area contributed by atoms with E-state index >= 15 is 0 Å². The van der Waals surface area contributed by atoms with Gasteiger partial charge in [0.2, 0.25) is 5.95 Å². The van der Waals surface area contributed by atoms with Gasteiger partial charge in [-0.2, -0.15) is 9.97 Å². The van der Waals surface area contributed by atoms with Gasteiger partial charge in [-0.1, -0.05) is 0 Å². The van der Waals surface area contributed by atoms with Crippen LogP contribution in [0.3, 0.4) is 0 Å². The molecule has 4 N–H and O–H groups in total. The minimum atomic E-state index is 0.254. The molecule has 2 atom stereocenters. The minimum absolute atomic E-state index is 0.254. The highest BCUT2D eigenvalue weighted by Gasteiger charge is 2.27. The van der Waals surface area contributed by atoms with Crippen molar-refractivity contribution >= 4 is 17.6 Å². The van der Waals surface area contributed by atoms with E-state index in [9.17, 15) is 0 Å². The molecule has 6 heteroatoms. The molecule has 0 amide bonds. The van der Waals surface area contributed by atoms with Crippen LogP contribution in [0.1, 0.15) is 19.3 Å². The van der Waals surface area contributed by atoms with Gasteiger partial charge in [-0.05, 0) is 19.3 Å². The molecular weight excluding hydrogens is 218 g/mol. The van der Waals surface area contributed by atoms with Gasteiger partial charge in [-0.25, -0.2) is 0 Å². The topological polar surface area (TPSA) is 85.1 Å². The standard InChI is InChI=1S/C11H19N5O/c1-13-9-6-10(16-11(12)15-9)14-7-4-3-5-8(7)17-2/h6-8H,3-5H2,1-2H3,(H4,12,13,14,15,16). The summed E-state index contributed by atoms with van der Waals surface area (Å²) in [5, 5.41) is 6.32. The highest BCUT2D eigenvalue weighted by Crippen LogP contribution is 2.25. The van der Waals surface area contributed by atoms with Crippen LogP contribution in [0.15, 0.2) is 6.07 Å². The Balaban J connectivity index is 2.09. The largest absolute Gasteiger partial charge is 0.379 e. The molecule has 6 nitrogen and oxygen atoms in total. The van der Waals surface area contributed by atoms with Crippen molar-refractivity contribution in [2.45, 2.75) is 31.4 Å². The van der Waals surface area contributed by atoms with Crippen LogP contribution in [0.25, 0.3) is 0 Å². The lowest BCUT2D eigenvalue weighted by molar-refractivity contribution is 0.101. The molecule has 2 rings (SSSR count). The van der Waals surface area contributed by atoms with Gasteiger partial charge in [0.05, 0.1) is 12.1 Å². The zero-order chi connectivity index (χ0) is 12.3. The Morgan fingerprint density at radius 3 is 2.82 bits per heavy atom. The van der Waals surface area contributed by atoms with Gasteiger partial charge >= 0.3 is 0 Å². The summed E-state index contributed by atoms with van der Waals surface area (Å²) in [6.45, 7) is 0. The molecule has 17 heavy (non-hydrogen) atoms. The van der Waals surface area contributed by atoms with Gasteiger partial charge in [-0.3, -0.25) is 0 Å². The van der Waals surface area contributed by atoms with E-state index in [0.29, 0.717) is 11.9 Å². The van der Waals surface area contributed by atoms with Crippen LogP contribution in [0, 0.1) is 0 Å². The Kier molecular flexibility index (Phi) is 3.63. The molecule has 1 fully saturated rings. The molecule has 1 aliphatic rings. The smallest absolute Gasteiger partial charge is 0.223 e. The van der Waals surface area contributed by atoms with Crippen molar-refractivity contribution in [3.05, 3.63) is 6.07 Å². The quantitative estimate of drug-likeness (QED) is 0.726. The lowest BCUT2D eigenvalue weighted by Gasteiger charge is -2.20. The van der Waals surface area contributed by atoms with E-state index in [1.165, 1.54) is 6.42 Å². The zero-order valence-electron chi connectivity index (χ0n) is 10.2. The fourth-order valence-corrected chi connectivity index (χ4v) is 2.23. The van der Waals surface area contributed by atoms with Crippen molar-refractivity contribution < 1.29 is 4.74 Å². The van der Waals surface area contributed by atoms with Crippen molar-refractivity contribution in [1.82, 2.24) is 9.97 Å². The molecule has 0 saturated heterocycles. The Labute approximate surface area is 101 Å². The summed E-state index contributed by atoms with van der Waals surface area (Å²) in [6.07, 6.45) is 3.62. The second-order valence-corrected chi connectivity index (χ2v) is 4.20. The molecule has 1 saturated carbocycles. The first-order valence-electron chi connectivity index (χ1n) is 5.84. The van der Waals surface area contributed by atoms with Crippen LogP contribution in [0.5, 0.6) is 0 Å². The summed E-state index contributed by atoms with van der Waals surface area (Å²) in [6, 6.07) is 2.15. The SMILES string of the molecule is CNc1cc(NC2CCCC2OC)nc(N)n1. The summed E-state index contributed by atoms with van der Waals surface area (Å²) in [4.78, 5) is 8.22. The van der Waals surface area contributed by atoms with Gasteiger partial charge in [0.15, 0.2) is 0 Å². The third kappa shape index (κ3) is 2.76. The van der Waals surface area contributed by atoms with Gasteiger partial charge in [0.25, 0.3) is 0 Å². The first-order valence-corrected chi connectivity index (χ1v) is 5.84. The van der Waals surface area contributed by atoms with Crippen molar-refractivity contribution in [2.75, 3.05) is 30.5 Å². The predicted molar refractivity (Wildman–Crippen MR) is 68.0 cm³/mol. The van der Waals surface area contributed by atoms with Gasteiger partial charge in [0.1, 0.15) is 11.6 Å². The molecule has 1 aliphatic carbocycles. The monoisotopic (exact) mass is 237 g/mol. The molecule has 94 valence electrons. The minimum Gasteiger partial charge on any atom is -0.379 e. The van der Waals surface area contributed by atoms with Crippen LogP contribution in [0.2, 0.25) is 0 Å². The average Bonchev–Trinajstić information content (AvgIpc) is 2.75. The van der Waals surface area contributed by atoms with E-state index in [-0.39, 0.29) is 12.1 Å². The maximum absolute atomic E-state index is 5.64. The fourth-order valence-electron chi connectivity index (χ4n) is 2.23. The first-order chi connectivity index (χ1) is 8.22. The molecule has 1 aromatic rings. The Morgan fingerprint density at radius 1 is 1.35 bits per heavy atom. The molecule has 2 unspecified atom stereocenters. The number of hydrogen-bond donors (Lipinski definition) is 3. The van der Waals surface area contributed by atoms with Crippen LogP contribution in [0.4, 0.5) is 17.6 Å². The van der Waals surface area contributed by atoms with Crippen molar-refractivity contribution in [2.24, 2.45) is 0 Å². The second-order valence-electron chi connectivity index (χ2n) is 4.20. The van der Waals surface area contributed by atoms with Gasteiger partial charge in [-0.15, -0.1) is 0 Å². The molecule has 0 spiro atoms. The number of hydrogen-bond acceptors (Lipinski definition) is 6. The van der Waals surface area contributed by atoms with Crippen molar-refractivity contribution in [3.8, 4) is 0 Å². The van der Waals surface area contributed by atoms with Crippen LogP contribution in [-0.2, 0) is 4.74 Å². The number of nitrogen functional groups attached to an aromatic ring is 1. The second kappa shape index (κ2) is 5.18. The van der Waals surface area contributed by atoms with E-state index in [2.05, 4.69) is 20.6 Å². The molecule has 0 radical (unpaired) electrons. The van der Waals surface area contributed by atoms with E-state index in [4.69, 9.17) is 10.5 Å². The lowest BCUT2D eigenvalue weighted by Crippen LogP contribution is -2.30. The number of ether oxygens (including phenoxy) is 1. The Hall–Kier alpha value is -1.56. The maximum atomic E-state index is 5.64. The average molecular weight is 237 g/mol. The molecule has 0 bridgehead atoms. The molecule has 0 aromatic carbocycles. The number of nitrogens with two attached hydrogens (primary N) is 1. The lowest BCUT2D eigenvalue weighted by atomic mass is 10.2. The van der Waals surface area contributed by atoms with E-state index in [1.807, 2.05) is 6.07 Å². The van der Waals surface area contributed by atoms with E-state index in [1.54, 1.807) is 14.2 Å². The summed E-state index contributed by atoms with van der Waals surface area (Å²) in [5.74, 6) is 1.73. The molecule has 0 aliphatic heterocycles. The predicted octanol–water partition coefficient (Wildman–Crippen LogP) is 1.08. The van der Waals surface area contributed by atoms with Gasteiger partial charge < -0.3 is 21.1 Å². The number of rotatable bonds is 4. The Bertz CT molecular complexity index is 384. The van der Waals surface area contributed by atoms with E-state index < -0.39 is 0 Å². The number of anilines is 3. The number of nitrogens with zero attached hydrogens (tertiary/aromatic N) is 2. The molecular formula is C11H19N5O. The van der Waals surface area contributed by atoms with Gasteiger partial charge in [0, 0.05) is 20.2 Å². The molecule has 1 heterocycles.